The van der Waals surface area contributed by atoms with Crippen LogP contribution in [-0.2, 0) is 42.3 Å². The Morgan fingerprint density at radius 3 is 1.49 bits per heavy atom. The Kier molecular flexibility index (Phi) is 10.7. The number of rotatable bonds is 14. The van der Waals surface area contributed by atoms with E-state index in [0.717, 1.165) is 27.8 Å². The number of nitrogens with zero attached hydrogens (tertiary/aromatic N) is 2. The molecular weight excluding hydrogens is 584 g/mol. The molecule has 1 aliphatic heterocycles. The van der Waals surface area contributed by atoms with Crippen LogP contribution in [0.25, 0.3) is 0 Å². The number of hydrogen-bond donors (Lipinski definition) is 0. The number of carbonyl (C=O) groups is 2. The summed E-state index contributed by atoms with van der Waals surface area (Å²) in [6, 6.07) is 45.9. The molecule has 0 bridgehead atoms. The first-order valence-corrected chi connectivity index (χ1v) is 16.2. The summed E-state index contributed by atoms with van der Waals surface area (Å²) in [5.74, 6) is 1.11. The number of benzene rings is 5. The summed E-state index contributed by atoms with van der Waals surface area (Å²) in [6.45, 7) is 2.38. The van der Waals surface area contributed by atoms with Crippen molar-refractivity contribution in [2.75, 3.05) is 6.54 Å². The molecule has 6 heteroatoms. The highest BCUT2D eigenvalue weighted by molar-refractivity contribution is 6.00. The zero-order valence-electron chi connectivity index (χ0n) is 26.5. The van der Waals surface area contributed by atoms with Crippen LogP contribution in [0.2, 0.25) is 0 Å². The van der Waals surface area contributed by atoms with E-state index in [-0.39, 0.29) is 11.8 Å². The van der Waals surface area contributed by atoms with E-state index >= 15 is 0 Å². The lowest BCUT2D eigenvalue weighted by molar-refractivity contribution is -0.153. The normalized spacial score (nSPS) is 14.7. The van der Waals surface area contributed by atoms with Crippen molar-refractivity contribution in [3.8, 4) is 11.5 Å². The van der Waals surface area contributed by atoms with Gasteiger partial charge in [0.1, 0.15) is 24.7 Å². The van der Waals surface area contributed by atoms with Crippen molar-refractivity contribution in [3.63, 3.8) is 0 Å². The largest absolute Gasteiger partial charge is 0.489 e. The Morgan fingerprint density at radius 1 is 0.574 bits per heavy atom. The van der Waals surface area contributed by atoms with Crippen molar-refractivity contribution >= 4 is 11.8 Å². The van der Waals surface area contributed by atoms with Crippen molar-refractivity contribution in [1.82, 2.24) is 9.80 Å². The van der Waals surface area contributed by atoms with E-state index in [9.17, 15) is 9.59 Å². The Bertz CT molecular complexity index is 1630. The predicted octanol–water partition coefficient (Wildman–Crippen LogP) is 7.61. The Morgan fingerprint density at radius 2 is 1.02 bits per heavy atom. The highest BCUT2D eigenvalue weighted by Gasteiger charge is 2.37. The lowest BCUT2D eigenvalue weighted by Crippen LogP contribution is -2.54. The quantitative estimate of drug-likeness (QED) is 0.119. The van der Waals surface area contributed by atoms with Gasteiger partial charge in [0.25, 0.3) is 0 Å². The molecule has 0 aliphatic carbocycles. The number of hydrogen-bond acceptors (Lipinski definition) is 5. The van der Waals surface area contributed by atoms with Crippen LogP contribution in [-0.4, -0.2) is 34.2 Å². The van der Waals surface area contributed by atoms with E-state index in [0.29, 0.717) is 63.6 Å². The molecule has 0 radical (unpaired) electrons. The van der Waals surface area contributed by atoms with Gasteiger partial charge in [0.15, 0.2) is 0 Å². The summed E-state index contributed by atoms with van der Waals surface area (Å²) in [5, 5.41) is 0. The Labute approximate surface area is 277 Å². The summed E-state index contributed by atoms with van der Waals surface area (Å²) in [7, 11) is 0. The standard InChI is InChI=1S/C41H40N2O4/c44-40-22-21-39(42(28-32-13-5-1-6-14-32)29-33-15-7-2-8-16-33)41(45)43(40)24-23-36-25-37(46-30-34-17-9-3-10-18-34)27-38(26-36)47-31-35-19-11-4-12-20-35/h1-20,25-27,39H,21-24,28-31H2/t39-/m0/s1. The number of imide groups is 1. The van der Waals surface area contributed by atoms with Crippen molar-refractivity contribution < 1.29 is 19.1 Å². The number of carbonyl (C=O) groups excluding carboxylic acids is 2. The smallest absolute Gasteiger partial charge is 0.246 e. The molecule has 1 fully saturated rings. The van der Waals surface area contributed by atoms with Crippen LogP contribution in [0.15, 0.2) is 140 Å². The fourth-order valence-corrected chi connectivity index (χ4v) is 5.97. The van der Waals surface area contributed by atoms with E-state index in [1.165, 1.54) is 4.90 Å². The molecule has 238 valence electrons. The first kappa shape index (κ1) is 31.8. The molecule has 5 aromatic rings. The van der Waals surface area contributed by atoms with Crippen molar-refractivity contribution in [3.05, 3.63) is 167 Å². The van der Waals surface area contributed by atoms with Crippen LogP contribution in [0.3, 0.4) is 0 Å². The molecule has 0 unspecified atom stereocenters. The molecule has 0 saturated carbocycles. The zero-order valence-corrected chi connectivity index (χ0v) is 26.5. The van der Waals surface area contributed by atoms with Crippen LogP contribution in [0, 0.1) is 0 Å². The van der Waals surface area contributed by atoms with Crippen LogP contribution in [0.5, 0.6) is 11.5 Å². The second kappa shape index (κ2) is 15.9. The van der Waals surface area contributed by atoms with Crippen molar-refractivity contribution in [2.45, 2.75) is 51.6 Å². The molecule has 1 aliphatic rings. The second-order valence-electron chi connectivity index (χ2n) is 11.9. The molecule has 47 heavy (non-hydrogen) atoms. The van der Waals surface area contributed by atoms with E-state index in [4.69, 9.17) is 9.47 Å². The fourth-order valence-electron chi connectivity index (χ4n) is 5.97. The summed E-state index contributed by atoms with van der Waals surface area (Å²) in [6.07, 6.45) is 1.34. The third-order valence-electron chi connectivity index (χ3n) is 8.44. The summed E-state index contributed by atoms with van der Waals surface area (Å²) in [4.78, 5) is 30.9. The van der Waals surface area contributed by atoms with Gasteiger partial charge in [-0.05, 0) is 52.8 Å². The minimum absolute atomic E-state index is 0.123. The molecule has 1 saturated heterocycles. The average molecular weight is 625 g/mol. The lowest BCUT2D eigenvalue weighted by atomic mass is 9.99. The molecule has 1 heterocycles. The van der Waals surface area contributed by atoms with Gasteiger partial charge >= 0.3 is 0 Å². The topological polar surface area (TPSA) is 59.1 Å². The van der Waals surface area contributed by atoms with Gasteiger partial charge in [-0.2, -0.15) is 0 Å². The molecule has 0 N–H and O–H groups in total. The van der Waals surface area contributed by atoms with E-state index in [1.807, 2.05) is 115 Å². The number of piperidine rings is 1. The maximum Gasteiger partial charge on any atom is 0.246 e. The van der Waals surface area contributed by atoms with Gasteiger partial charge in [-0.15, -0.1) is 0 Å². The first-order valence-electron chi connectivity index (χ1n) is 16.2. The fraction of sp³-hybridized carbons (Fsp3) is 0.220. The van der Waals surface area contributed by atoms with Gasteiger partial charge in [-0.3, -0.25) is 19.4 Å². The predicted molar refractivity (Wildman–Crippen MR) is 184 cm³/mol. The monoisotopic (exact) mass is 624 g/mol. The molecule has 6 nitrogen and oxygen atoms in total. The van der Waals surface area contributed by atoms with Crippen LogP contribution in [0.4, 0.5) is 0 Å². The first-order chi connectivity index (χ1) is 23.1. The van der Waals surface area contributed by atoms with Gasteiger partial charge in [-0.1, -0.05) is 121 Å². The third kappa shape index (κ3) is 8.96. The second-order valence-corrected chi connectivity index (χ2v) is 11.9. The van der Waals surface area contributed by atoms with Gasteiger partial charge in [-0.25, -0.2) is 0 Å². The molecule has 5 aromatic carbocycles. The lowest BCUT2D eigenvalue weighted by Gasteiger charge is -2.37. The van der Waals surface area contributed by atoms with Crippen LogP contribution >= 0.6 is 0 Å². The van der Waals surface area contributed by atoms with Gasteiger partial charge in [0.05, 0.1) is 6.04 Å². The maximum absolute atomic E-state index is 14.0. The zero-order chi connectivity index (χ0) is 32.3. The summed E-state index contributed by atoms with van der Waals surface area (Å²) >= 11 is 0. The van der Waals surface area contributed by atoms with Gasteiger partial charge in [0, 0.05) is 32.1 Å². The van der Waals surface area contributed by atoms with Crippen molar-refractivity contribution in [1.29, 1.82) is 0 Å². The van der Waals surface area contributed by atoms with Crippen LogP contribution < -0.4 is 9.47 Å². The molecule has 2 amide bonds. The average Bonchev–Trinajstić information content (AvgIpc) is 3.11. The van der Waals surface area contributed by atoms with E-state index in [1.54, 1.807) is 0 Å². The minimum Gasteiger partial charge on any atom is -0.489 e. The number of likely N-dealkylation sites (tertiary alicyclic amines) is 1. The molecule has 6 rings (SSSR count). The molecule has 0 spiro atoms. The maximum atomic E-state index is 14.0. The molecule has 0 aromatic heterocycles. The highest BCUT2D eigenvalue weighted by Crippen LogP contribution is 2.27. The van der Waals surface area contributed by atoms with Crippen molar-refractivity contribution in [2.24, 2.45) is 0 Å². The molecular formula is C41H40N2O4. The molecule has 1 atom stereocenters. The summed E-state index contributed by atoms with van der Waals surface area (Å²) < 4.78 is 12.4. The van der Waals surface area contributed by atoms with E-state index < -0.39 is 6.04 Å². The highest BCUT2D eigenvalue weighted by atomic mass is 16.5. The van der Waals surface area contributed by atoms with Gasteiger partial charge < -0.3 is 9.47 Å². The Hall–Kier alpha value is -5.20. The van der Waals surface area contributed by atoms with E-state index in [2.05, 4.69) is 29.2 Å². The minimum atomic E-state index is -0.390. The van der Waals surface area contributed by atoms with Gasteiger partial charge in [0.2, 0.25) is 11.8 Å². The van der Waals surface area contributed by atoms with Crippen LogP contribution in [0.1, 0.15) is 40.7 Å². The summed E-state index contributed by atoms with van der Waals surface area (Å²) in [5.41, 5.74) is 5.34. The Balaban J connectivity index is 1.18. The SMILES string of the molecule is O=C1CC[C@H](N(Cc2ccccc2)Cc2ccccc2)C(=O)N1CCc1cc(OCc2ccccc2)cc(OCc2ccccc2)c1. The number of amides is 2. The number of ether oxygens (including phenoxy) is 2. The third-order valence-corrected chi connectivity index (χ3v) is 8.44.